The van der Waals surface area contributed by atoms with Crippen LogP contribution in [0.25, 0.3) is 33.0 Å². The number of nitriles is 8. The quantitative estimate of drug-likeness (QED) is 0.272. The molecule has 44 heavy (non-hydrogen) atoms. The van der Waals surface area contributed by atoms with E-state index >= 15 is 0 Å². The molecular weight excluding hydrogens is 556 g/mol. The molecule has 0 aliphatic carbocycles. The number of pyridine rings is 2. The first-order chi connectivity index (χ1) is 21.4. The second kappa shape index (κ2) is 11.2. The van der Waals surface area contributed by atoms with Crippen molar-refractivity contribution in [2.75, 3.05) is 0 Å². The van der Waals surface area contributed by atoms with E-state index in [-0.39, 0.29) is 67.4 Å². The van der Waals surface area contributed by atoms with Crippen LogP contribution in [0.15, 0.2) is 36.4 Å². The third-order valence-electron chi connectivity index (χ3n) is 6.22. The van der Waals surface area contributed by atoms with E-state index in [0.717, 1.165) is 0 Å². The van der Waals surface area contributed by atoms with Gasteiger partial charge in [-0.25, -0.2) is 29.9 Å². The van der Waals surface area contributed by atoms with E-state index in [1.165, 1.54) is 12.1 Å². The maximum atomic E-state index is 9.98. The number of benzene rings is 1. The molecule has 4 aromatic heterocycles. The Kier molecular flexibility index (Phi) is 6.95. The second-order valence-corrected chi connectivity index (χ2v) is 8.48. The Morgan fingerprint density at radius 2 is 0.750 bits per heavy atom. The molecular formula is C30H6N14. The molecule has 14 heteroatoms. The number of hydrogen-bond acceptors (Lipinski definition) is 14. The maximum absolute atomic E-state index is 9.98. The van der Waals surface area contributed by atoms with Crippen molar-refractivity contribution in [3.05, 3.63) is 92.6 Å². The smallest absolute Gasteiger partial charge is 0.234 e. The van der Waals surface area contributed by atoms with Gasteiger partial charge in [-0.3, -0.25) is 0 Å². The highest BCUT2D eigenvalue weighted by molar-refractivity contribution is 6.04. The molecule has 0 aliphatic heterocycles. The van der Waals surface area contributed by atoms with Gasteiger partial charge < -0.3 is 0 Å². The monoisotopic (exact) mass is 562 g/mol. The molecule has 0 saturated heterocycles. The standard InChI is InChI=1S/C30H6N14/c31-7-17(29-23(9-33)41-27(13-37)42-24(29)10-34)21-3-1-15-16-2-4-22(40-20(16)6-5-19(15)39-21)18(8-32)30-25(11-35)43-28(14-38)44-26(30)12-36/h1-6H/b21-17-,22-18+. The van der Waals surface area contributed by atoms with E-state index in [9.17, 15) is 31.6 Å². The molecule has 0 atom stereocenters. The van der Waals surface area contributed by atoms with Gasteiger partial charge in [-0.1, -0.05) is 0 Å². The lowest BCUT2D eigenvalue weighted by Gasteiger charge is -2.07. The summed E-state index contributed by atoms with van der Waals surface area (Å²) in [6, 6.07) is 24.0. The Hall–Kier alpha value is -8.14. The summed E-state index contributed by atoms with van der Waals surface area (Å²) in [6.07, 6.45) is 0. The number of hydrogen-bond donors (Lipinski definition) is 0. The Balaban J connectivity index is 1.77. The molecule has 0 aliphatic rings. The number of aromatic nitrogens is 6. The molecule has 0 saturated carbocycles. The normalized spacial score (nSPS) is 11.3. The van der Waals surface area contributed by atoms with E-state index in [4.69, 9.17) is 10.5 Å². The summed E-state index contributed by atoms with van der Waals surface area (Å²) in [5, 5.41) is 78.0. The number of fused-ring (bicyclic) bond motifs is 3. The van der Waals surface area contributed by atoms with Gasteiger partial charge in [-0.2, -0.15) is 42.1 Å². The fourth-order valence-corrected chi connectivity index (χ4v) is 4.40. The molecule has 1 aromatic carbocycles. The van der Waals surface area contributed by atoms with E-state index in [0.29, 0.717) is 21.8 Å². The Morgan fingerprint density at radius 1 is 0.409 bits per heavy atom. The topological polar surface area (TPSA) is 268 Å². The molecule has 0 amide bonds. The summed E-state index contributed by atoms with van der Waals surface area (Å²) >= 11 is 0. The van der Waals surface area contributed by atoms with Gasteiger partial charge in [0.25, 0.3) is 0 Å². The van der Waals surface area contributed by atoms with Crippen LogP contribution in [0.1, 0.15) is 45.6 Å². The van der Waals surface area contributed by atoms with Crippen molar-refractivity contribution in [2.24, 2.45) is 0 Å². The minimum Gasteiger partial charge on any atom is -0.247 e. The first kappa shape index (κ1) is 27.4. The highest BCUT2D eigenvalue weighted by Gasteiger charge is 2.21. The summed E-state index contributed by atoms with van der Waals surface area (Å²) in [5.41, 5.74) is -1.01. The van der Waals surface area contributed by atoms with E-state index in [2.05, 4.69) is 29.9 Å². The van der Waals surface area contributed by atoms with Crippen molar-refractivity contribution in [1.29, 1.82) is 42.1 Å². The van der Waals surface area contributed by atoms with Crippen molar-refractivity contribution in [3.63, 3.8) is 0 Å². The molecule has 0 N–H and O–H groups in total. The van der Waals surface area contributed by atoms with Crippen LogP contribution < -0.4 is 10.7 Å². The van der Waals surface area contributed by atoms with Crippen molar-refractivity contribution in [3.8, 4) is 48.6 Å². The molecule has 0 bridgehead atoms. The Labute approximate surface area is 246 Å². The molecule has 0 spiro atoms. The zero-order chi connectivity index (χ0) is 31.4. The first-order valence-electron chi connectivity index (χ1n) is 12.0. The van der Waals surface area contributed by atoms with Gasteiger partial charge in [0.05, 0.1) is 44.0 Å². The van der Waals surface area contributed by atoms with Gasteiger partial charge >= 0.3 is 0 Å². The van der Waals surface area contributed by atoms with Crippen LogP contribution in [-0.2, 0) is 0 Å². The fourth-order valence-electron chi connectivity index (χ4n) is 4.40. The predicted octanol–water partition coefficient (Wildman–Crippen LogP) is 1.04. The lowest BCUT2D eigenvalue weighted by Crippen LogP contribution is -2.16. The first-order valence-corrected chi connectivity index (χ1v) is 12.0. The molecule has 0 radical (unpaired) electrons. The summed E-state index contributed by atoms with van der Waals surface area (Å²) in [7, 11) is 0. The van der Waals surface area contributed by atoms with Crippen LogP contribution in [0.2, 0.25) is 0 Å². The molecule has 0 unspecified atom stereocenters. The van der Waals surface area contributed by atoms with Gasteiger partial charge in [0.1, 0.15) is 48.6 Å². The Bertz CT molecular complexity index is 2350. The van der Waals surface area contributed by atoms with Crippen molar-refractivity contribution < 1.29 is 0 Å². The van der Waals surface area contributed by atoms with Crippen LogP contribution >= 0.6 is 0 Å². The fraction of sp³-hybridized carbons (Fsp3) is 0. The molecule has 5 aromatic rings. The predicted molar refractivity (Wildman–Crippen MR) is 145 cm³/mol. The zero-order valence-corrected chi connectivity index (χ0v) is 21.7. The minimum absolute atomic E-state index is 0.124. The highest BCUT2D eigenvalue weighted by atomic mass is 14.9. The third-order valence-corrected chi connectivity index (χ3v) is 6.22. The van der Waals surface area contributed by atoms with E-state index in [1.807, 2.05) is 12.1 Å². The van der Waals surface area contributed by atoms with E-state index < -0.39 is 0 Å². The average molecular weight is 562 g/mol. The third kappa shape index (κ3) is 4.43. The summed E-state index contributed by atoms with van der Waals surface area (Å²) < 4.78 is 0. The Morgan fingerprint density at radius 3 is 1.02 bits per heavy atom. The van der Waals surface area contributed by atoms with Crippen LogP contribution in [0.5, 0.6) is 0 Å². The van der Waals surface area contributed by atoms with Gasteiger partial charge in [0.15, 0.2) is 22.8 Å². The zero-order valence-electron chi connectivity index (χ0n) is 21.7. The van der Waals surface area contributed by atoms with Crippen LogP contribution in [0.3, 0.4) is 0 Å². The van der Waals surface area contributed by atoms with Gasteiger partial charge in [0.2, 0.25) is 11.6 Å². The molecule has 0 fully saturated rings. The van der Waals surface area contributed by atoms with Crippen molar-refractivity contribution in [1.82, 2.24) is 29.9 Å². The molecule has 196 valence electrons. The number of rotatable bonds is 2. The second-order valence-electron chi connectivity index (χ2n) is 8.48. The van der Waals surface area contributed by atoms with Crippen LogP contribution in [0, 0.1) is 90.6 Å². The van der Waals surface area contributed by atoms with Crippen LogP contribution in [-0.4, -0.2) is 29.9 Å². The summed E-state index contributed by atoms with van der Waals surface area (Å²) in [4.78, 5) is 24.4. The number of nitrogens with zero attached hydrogens (tertiary/aromatic N) is 14. The lowest BCUT2D eigenvalue weighted by atomic mass is 10.0. The molecule has 4 heterocycles. The van der Waals surface area contributed by atoms with Crippen LogP contribution in [0.4, 0.5) is 0 Å². The van der Waals surface area contributed by atoms with Crippen molar-refractivity contribution in [2.45, 2.75) is 0 Å². The summed E-state index contributed by atoms with van der Waals surface area (Å²) in [6.45, 7) is 0. The lowest BCUT2D eigenvalue weighted by molar-refractivity contribution is 1.06. The van der Waals surface area contributed by atoms with Gasteiger partial charge in [0, 0.05) is 10.8 Å². The highest BCUT2D eigenvalue weighted by Crippen LogP contribution is 2.24. The van der Waals surface area contributed by atoms with Gasteiger partial charge in [-0.05, 0) is 36.4 Å². The van der Waals surface area contributed by atoms with E-state index in [1.54, 1.807) is 60.7 Å². The maximum Gasteiger partial charge on any atom is 0.234 e. The molecule has 14 nitrogen and oxygen atoms in total. The summed E-state index contributed by atoms with van der Waals surface area (Å²) in [5.74, 6) is -0.777. The largest absolute Gasteiger partial charge is 0.247 e. The van der Waals surface area contributed by atoms with Crippen molar-refractivity contribution >= 4 is 33.0 Å². The van der Waals surface area contributed by atoms with Gasteiger partial charge in [-0.15, -0.1) is 0 Å². The SMILES string of the molecule is N#C/C(c1c(C#N)nc(C#N)nc1C#N)=c1/ccc2c(ccc3n/c(=C(/C#N)c4c(C#N)nc(C#N)nc4C#N)ccc32)n1. The average Bonchev–Trinajstić information content (AvgIpc) is 3.08. The minimum atomic E-state index is -0.389. The molecule has 5 rings (SSSR count).